The van der Waals surface area contributed by atoms with Crippen LogP contribution in [0.4, 0.5) is 5.13 Å². The Bertz CT molecular complexity index is 1080. The van der Waals surface area contributed by atoms with E-state index in [0.717, 1.165) is 11.3 Å². The number of sulfonamides is 1. The number of thiazole rings is 1. The predicted molar refractivity (Wildman–Crippen MR) is 110 cm³/mol. The van der Waals surface area contributed by atoms with Gasteiger partial charge in [0.25, 0.3) is 10.0 Å². The van der Waals surface area contributed by atoms with Crippen molar-refractivity contribution < 1.29 is 17.9 Å². The molecule has 0 saturated heterocycles. The molecule has 0 fully saturated rings. The Balaban J connectivity index is 1.60. The Hall–Kier alpha value is -2.42. The molecule has 0 aliphatic rings. The van der Waals surface area contributed by atoms with Gasteiger partial charge in [-0.3, -0.25) is 4.72 Å². The highest BCUT2D eigenvalue weighted by atomic mass is 35.5. The molecule has 9 heteroatoms. The summed E-state index contributed by atoms with van der Waals surface area (Å²) in [4.78, 5) is 16.3. The van der Waals surface area contributed by atoms with Gasteiger partial charge in [-0.1, -0.05) is 35.9 Å². The summed E-state index contributed by atoms with van der Waals surface area (Å²) in [7, 11) is -3.80. The summed E-state index contributed by atoms with van der Waals surface area (Å²) >= 11 is 7.17. The largest absolute Gasteiger partial charge is 0.462 e. The van der Waals surface area contributed by atoms with Crippen LogP contribution in [-0.4, -0.2) is 26.0 Å². The standard InChI is InChI=1S/C19H17ClN2O4S2/c1-13-16(20)8-5-9-17(13)28(24,25)22-19-21-15(12-27-19)10-11-26-18(23)14-6-3-2-4-7-14/h2-9,12H,10-11H2,1H3,(H,21,22). The molecule has 0 spiro atoms. The van der Waals surface area contributed by atoms with Crippen LogP contribution < -0.4 is 4.72 Å². The number of carbonyl (C=O) groups is 1. The third-order valence-electron chi connectivity index (χ3n) is 3.88. The summed E-state index contributed by atoms with van der Waals surface area (Å²) in [6.45, 7) is 1.79. The lowest BCUT2D eigenvalue weighted by Gasteiger charge is -2.09. The van der Waals surface area contributed by atoms with Gasteiger partial charge >= 0.3 is 5.97 Å². The molecule has 3 rings (SSSR count). The SMILES string of the molecule is Cc1c(Cl)cccc1S(=O)(=O)Nc1nc(CCOC(=O)c2ccccc2)cs1. The van der Waals surface area contributed by atoms with Crippen molar-refractivity contribution in [1.29, 1.82) is 0 Å². The number of hydrogen-bond acceptors (Lipinski definition) is 6. The van der Waals surface area contributed by atoms with Crippen LogP contribution >= 0.6 is 22.9 Å². The number of carbonyl (C=O) groups excluding carboxylic acids is 1. The van der Waals surface area contributed by atoms with Crippen molar-refractivity contribution in [3.63, 3.8) is 0 Å². The Kier molecular flexibility index (Phi) is 6.33. The number of benzene rings is 2. The van der Waals surface area contributed by atoms with Crippen LogP contribution in [0.25, 0.3) is 0 Å². The van der Waals surface area contributed by atoms with E-state index in [-0.39, 0.29) is 16.6 Å². The van der Waals surface area contributed by atoms with E-state index >= 15 is 0 Å². The van der Waals surface area contributed by atoms with E-state index in [1.54, 1.807) is 48.7 Å². The van der Waals surface area contributed by atoms with Crippen LogP contribution in [0.15, 0.2) is 58.8 Å². The topological polar surface area (TPSA) is 85.4 Å². The second kappa shape index (κ2) is 8.72. The number of nitrogens with zero attached hydrogens (tertiary/aromatic N) is 1. The Morgan fingerprint density at radius 2 is 1.93 bits per heavy atom. The maximum absolute atomic E-state index is 12.6. The number of esters is 1. The minimum absolute atomic E-state index is 0.105. The maximum atomic E-state index is 12.6. The average Bonchev–Trinajstić information content (AvgIpc) is 3.11. The lowest BCUT2D eigenvalue weighted by Crippen LogP contribution is -2.14. The first kappa shape index (κ1) is 20.3. The second-order valence-electron chi connectivity index (χ2n) is 5.86. The summed E-state index contributed by atoms with van der Waals surface area (Å²) < 4.78 is 32.8. The molecule has 1 heterocycles. The molecule has 28 heavy (non-hydrogen) atoms. The van der Waals surface area contributed by atoms with Crippen molar-refractivity contribution in [2.75, 3.05) is 11.3 Å². The number of aromatic nitrogens is 1. The molecule has 6 nitrogen and oxygen atoms in total. The molecule has 0 saturated carbocycles. The first-order chi connectivity index (χ1) is 13.4. The van der Waals surface area contributed by atoms with Gasteiger partial charge in [-0.15, -0.1) is 11.3 Å². The van der Waals surface area contributed by atoms with Crippen molar-refractivity contribution in [3.05, 3.63) is 75.8 Å². The van der Waals surface area contributed by atoms with E-state index in [9.17, 15) is 13.2 Å². The predicted octanol–water partition coefficient (Wildman–Crippen LogP) is 4.31. The molecule has 2 aromatic carbocycles. The van der Waals surface area contributed by atoms with Crippen LogP contribution in [0, 0.1) is 6.92 Å². The molecule has 146 valence electrons. The Morgan fingerprint density at radius 1 is 1.18 bits per heavy atom. The van der Waals surface area contributed by atoms with Gasteiger partial charge < -0.3 is 4.74 Å². The second-order valence-corrected chi connectivity index (χ2v) is 8.78. The Labute approximate surface area is 172 Å². The van der Waals surface area contributed by atoms with Gasteiger partial charge in [0.15, 0.2) is 5.13 Å². The van der Waals surface area contributed by atoms with Gasteiger partial charge in [0, 0.05) is 16.8 Å². The van der Waals surface area contributed by atoms with E-state index in [1.165, 1.54) is 6.07 Å². The molecule has 0 aliphatic carbocycles. The monoisotopic (exact) mass is 436 g/mol. The van der Waals surface area contributed by atoms with Crippen molar-refractivity contribution in [1.82, 2.24) is 4.98 Å². The fourth-order valence-corrected chi connectivity index (χ4v) is 4.92. The number of anilines is 1. The van der Waals surface area contributed by atoms with E-state index in [4.69, 9.17) is 16.3 Å². The van der Waals surface area contributed by atoms with Crippen molar-refractivity contribution >= 4 is 44.1 Å². The molecule has 1 aromatic heterocycles. The molecule has 0 radical (unpaired) electrons. The third kappa shape index (κ3) is 4.89. The normalized spacial score (nSPS) is 11.2. The zero-order valence-electron chi connectivity index (χ0n) is 14.9. The van der Waals surface area contributed by atoms with Gasteiger partial charge in [0.05, 0.1) is 22.8 Å². The van der Waals surface area contributed by atoms with Gasteiger partial charge in [-0.05, 0) is 36.8 Å². The van der Waals surface area contributed by atoms with Crippen LogP contribution in [0.2, 0.25) is 5.02 Å². The lowest BCUT2D eigenvalue weighted by molar-refractivity contribution is 0.0508. The summed E-state index contributed by atoms with van der Waals surface area (Å²) in [6.07, 6.45) is 0.382. The summed E-state index contributed by atoms with van der Waals surface area (Å²) in [5, 5.41) is 2.34. The number of halogens is 1. The third-order valence-corrected chi connectivity index (χ3v) is 6.71. The van der Waals surface area contributed by atoms with Crippen molar-refractivity contribution in [3.8, 4) is 0 Å². The minimum atomic E-state index is -3.80. The van der Waals surface area contributed by atoms with Crippen molar-refractivity contribution in [2.45, 2.75) is 18.2 Å². The van der Waals surface area contributed by atoms with Crippen LogP contribution in [0.1, 0.15) is 21.6 Å². The minimum Gasteiger partial charge on any atom is -0.462 e. The summed E-state index contributed by atoms with van der Waals surface area (Å²) in [6, 6.07) is 13.4. The maximum Gasteiger partial charge on any atom is 0.338 e. The Morgan fingerprint density at radius 3 is 2.68 bits per heavy atom. The van der Waals surface area contributed by atoms with Gasteiger partial charge in [0.2, 0.25) is 0 Å². The number of nitrogens with one attached hydrogen (secondary N) is 1. The quantitative estimate of drug-likeness (QED) is 0.558. The highest BCUT2D eigenvalue weighted by Crippen LogP contribution is 2.26. The van der Waals surface area contributed by atoms with E-state index in [1.807, 2.05) is 6.07 Å². The van der Waals surface area contributed by atoms with E-state index in [0.29, 0.717) is 28.3 Å². The first-order valence-corrected chi connectivity index (χ1v) is 11.1. The molecule has 0 bridgehead atoms. The zero-order valence-corrected chi connectivity index (χ0v) is 17.3. The fraction of sp³-hybridized carbons (Fsp3) is 0.158. The van der Waals surface area contributed by atoms with Gasteiger partial charge in [-0.25, -0.2) is 18.2 Å². The van der Waals surface area contributed by atoms with Gasteiger partial charge in [0.1, 0.15) is 0 Å². The summed E-state index contributed by atoms with van der Waals surface area (Å²) in [5.41, 5.74) is 1.58. The van der Waals surface area contributed by atoms with Crippen LogP contribution in [0.5, 0.6) is 0 Å². The molecular formula is C19H17ClN2O4S2. The molecule has 0 unspecified atom stereocenters. The molecule has 1 N–H and O–H groups in total. The molecule has 0 atom stereocenters. The van der Waals surface area contributed by atoms with Crippen LogP contribution in [-0.2, 0) is 21.2 Å². The van der Waals surface area contributed by atoms with E-state index in [2.05, 4.69) is 9.71 Å². The zero-order chi connectivity index (χ0) is 20.1. The van der Waals surface area contributed by atoms with Gasteiger partial charge in [-0.2, -0.15) is 0 Å². The molecule has 0 aliphatic heterocycles. The molecular weight excluding hydrogens is 420 g/mol. The lowest BCUT2D eigenvalue weighted by atomic mass is 10.2. The highest BCUT2D eigenvalue weighted by Gasteiger charge is 2.19. The molecule has 3 aromatic rings. The summed E-state index contributed by atoms with van der Waals surface area (Å²) in [5.74, 6) is -0.409. The van der Waals surface area contributed by atoms with E-state index < -0.39 is 16.0 Å². The highest BCUT2D eigenvalue weighted by molar-refractivity contribution is 7.93. The average molecular weight is 437 g/mol. The smallest absolute Gasteiger partial charge is 0.338 e. The first-order valence-electron chi connectivity index (χ1n) is 8.31. The number of hydrogen-bond donors (Lipinski definition) is 1. The van der Waals surface area contributed by atoms with Crippen LogP contribution in [0.3, 0.4) is 0 Å². The number of rotatable bonds is 7. The molecule has 0 amide bonds. The van der Waals surface area contributed by atoms with Crippen molar-refractivity contribution in [2.24, 2.45) is 0 Å². The fourth-order valence-electron chi connectivity index (χ4n) is 2.42. The number of ether oxygens (including phenoxy) is 1.